The van der Waals surface area contributed by atoms with Crippen molar-refractivity contribution in [3.8, 4) is 0 Å². The van der Waals surface area contributed by atoms with Crippen LogP contribution in [0.5, 0.6) is 0 Å². The van der Waals surface area contributed by atoms with Crippen molar-refractivity contribution in [1.82, 2.24) is 4.98 Å². The van der Waals surface area contributed by atoms with Crippen LogP contribution >= 0.6 is 0 Å². The number of halogens is 1. The van der Waals surface area contributed by atoms with Gasteiger partial charge in [-0.05, 0) is 42.3 Å². The normalized spacial score (nSPS) is 11.9. The molecule has 0 saturated heterocycles. The Labute approximate surface area is 169 Å². The number of hydrogen-bond acceptors (Lipinski definition) is 2. The number of nitrogens with one attached hydrogen (secondary N) is 1. The Kier molecular flexibility index (Phi) is 5.34. The van der Waals surface area contributed by atoms with Crippen LogP contribution in [-0.2, 0) is 6.42 Å². The third-order valence-electron chi connectivity index (χ3n) is 4.94. The van der Waals surface area contributed by atoms with Crippen LogP contribution in [0.15, 0.2) is 85.1 Å². The molecule has 1 unspecified atom stereocenters. The van der Waals surface area contributed by atoms with Crippen molar-refractivity contribution in [1.29, 1.82) is 0 Å². The molecule has 3 aromatic carbocycles. The molecule has 29 heavy (non-hydrogen) atoms. The molecular weight excluding hydrogens is 363 g/mol. The van der Waals surface area contributed by atoms with Crippen molar-refractivity contribution in [3.05, 3.63) is 107 Å². The van der Waals surface area contributed by atoms with Gasteiger partial charge in [0.15, 0.2) is 0 Å². The second kappa shape index (κ2) is 8.23. The van der Waals surface area contributed by atoms with Gasteiger partial charge in [-0.25, -0.2) is 4.39 Å². The number of pyridine rings is 1. The van der Waals surface area contributed by atoms with E-state index in [0.29, 0.717) is 16.8 Å². The van der Waals surface area contributed by atoms with E-state index in [4.69, 9.17) is 0 Å². The Morgan fingerprint density at radius 2 is 1.79 bits per heavy atom. The van der Waals surface area contributed by atoms with Gasteiger partial charge in [0.2, 0.25) is 0 Å². The second-order valence-corrected chi connectivity index (χ2v) is 7.11. The summed E-state index contributed by atoms with van der Waals surface area (Å²) < 4.78 is 15.1. The lowest BCUT2D eigenvalue weighted by molar-refractivity contribution is 0.102. The zero-order chi connectivity index (χ0) is 20.2. The molecule has 0 spiro atoms. The molecule has 1 atom stereocenters. The fourth-order valence-electron chi connectivity index (χ4n) is 3.36. The number of alkyl halides is 1. The van der Waals surface area contributed by atoms with Gasteiger partial charge >= 0.3 is 0 Å². The largest absolute Gasteiger partial charge is 0.322 e. The molecule has 0 aliphatic carbocycles. The molecule has 0 saturated carbocycles. The molecule has 144 valence electrons. The van der Waals surface area contributed by atoms with E-state index in [0.717, 1.165) is 22.0 Å². The summed E-state index contributed by atoms with van der Waals surface area (Å²) in [6.07, 6.45) is 0.671. The van der Waals surface area contributed by atoms with Crippen LogP contribution in [0.25, 0.3) is 10.9 Å². The molecule has 1 aromatic heterocycles. The van der Waals surface area contributed by atoms with Gasteiger partial charge in [0.1, 0.15) is 6.17 Å². The number of rotatable bonds is 5. The van der Waals surface area contributed by atoms with Crippen LogP contribution in [0.2, 0.25) is 0 Å². The number of carbonyl (C=O) groups excluding carboxylic acids is 1. The van der Waals surface area contributed by atoms with Crippen molar-refractivity contribution < 1.29 is 9.18 Å². The third kappa shape index (κ3) is 4.32. The maximum Gasteiger partial charge on any atom is 0.256 e. The van der Waals surface area contributed by atoms with Crippen LogP contribution in [0, 0.1) is 6.92 Å². The van der Waals surface area contributed by atoms with E-state index < -0.39 is 6.17 Å². The van der Waals surface area contributed by atoms with Gasteiger partial charge in [-0.2, -0.15) is 0 Å². The maximum atomic E-state index is 15.1. The minimum Gasteiger partial charge on any atom is -0.322 e. The SMILES string of the molecule is Cc1ccc(CC(F)c2ccccc2C(=O)Nc2ccc3cccnc3c2)cc1. The third-order valence-corrected chi connectivity index (χ3v) is 4.94. The summed E-state index contributed by atoms with van der Waals surface area (Å²) in [5, 5.41) is 3.86. The molecule has 1 amide bonds. The van der Waals surface area contributed by atoms with E-state index in [2.05, 4.69) is 10.3 Å². The molecule has 1 N–H and O–H groups in total. The average Bonchev–Trinajstić information content (AvgIpc) is 2.75. The quantitative estimate of drug-likeness (QED) is 0.455. The number of aryl methyl sites for hydroxylation is 1. The Balaban J connectivity index is 1.56. The first-order valence-corrected chi connectivity index (χ1v) is 9.55. The highest BCUT2D eigenvalue weighted by Gasteiger charge is 2.19. The van der Waals surface area contributed by atoms with E-state index in [9.17, 15) is 4.79 Å². The number of hydrogen-bond donors (Lipinski definition) is 1. The maximum absolute atomic E-state index is 15.1. The van der Waals surface area contributed by atoms with E-state index in [-0.39, 0.29) is 12.3 Å². The number of anilines is 1. The molecule has 0 radical (unpaired) electrons. The van der Waals surface area contributed by atoms with Crippen molar-refractivity contribution in [2.24, 2.45) is 0 Å². The predicted molar refractivity (Wildman–Crippen MR) is 115 cm³/mol. The molecule has 4 heteroatoms. The molecule has 1 heterocycles. The van der Waals surface area contributed by atoms with Crippen molar-refractivity contribution in [2.75, 3.05) is 5.32 Å². The second-order valence-electron chi connectivity index (χ2n) is 7.11. The lowest BCUT2D eigenvalue weighted by Crippen LogP contribution is -2.15. The highest BCUT2D eigenvalue weighted by atomic mass is 19.1. The summed E-state index contributed by atoms with van der Waals surface area (Å²) in [5.41, 5.74) is 4.19. The number of carbonyl (C=O) groups is 1. The Bertz CT molecular complexity index is 1150. The molecule has 0 fully saturated rings. The van der Waals surface area contributed by atoms with E-state index >= 15 is 4.39 Å². The first-order chi connectivity index (χ1) is 14.1. The first-order valence-electron chi connectivity index (χ1n) is 9.55. The topological polar surface area (TPSA) is 42.0 Å². The van der Waals surface area contributed by atoms with Gasteiger partial charge in [-0.1, -0.05) is 60.2 Å². The van der Waals surface area contributed by atoms with Gasteiger partial charge in [0, 0.05) is 29.3 Å². The van der Waals surface area contributed by atoms with Gasteiger partial charge in [0.05, 0.1) is 5.52 Å². The van der Waals surface area contributed by atoms with E-state index in [1.54, 1.807) is 30.5 Å². The highest BCUT2D eigenvalue weighted by molar-refractivity contribution is 6.06. The zero-order valence-corrected chi connectivity index (χ0v) is 16.1. The zero-order valence-electron chi connectivity index (χ0n) is 16.1. The molecule has 3 nitrogen and oxygen atoms in total. The summed E-state index contributed by atoms with van der Waals surface area (Å²) in [7, 11) is 0. The minimum absolute atomic E-state index is 0.227. The van der Waals surface area contributed by atoms with Gasteiger partial charge in [-0.3, -0.25) is 9.78 Å². The smallest absolute Gasteiger partial charge is 0.256 e. The van der Waals surface area contributed by atoms with Crippen LogP contribution in [0.3, 0.4) is 0 Å². The van der Waals surface area contributed by atoms with Crippen LogP contribution in [0.4, 0.5) is 10.1 Å². The highest BCUT2D eigenvalue weighted by Crippen LogP contribution is 2.27. The Morgan fingerprint density at radius 3 is 2.62 bits per heavy atom. The number of aromatic nitrogens is 1. The monoisotopic (exact) mass is 384 g/mol. The molecule has 4 aromatic rings. The van der Waals surface area contributed by atoms with Gasteiger partial charge in [0.25, 0.3) is 5.91 Å². The summed E-state index contributed by atoms with van der Waals surface area (Å²) in [5.74, 6) is -0.331. The average molecular weight is 384 g/mol. The standard InChI is InChI=1S/C25H21FN2O/c1-17-8-10-18(11-9-17)15-23(26)21-6-2-3-7-22(21)25(29)28-20-13-12-19-5-4-14-27-24(19)16-20/h2-14,16,23H,15H2,1H3,(H,28,29). The lowest BCUT2D eigenvalue weighted by atomic mass is 9.97. The van der Waals surface area contributed by atoms with Crippen LogP contribution in [-0.4, -0.2) is 10.9 Å². The van der Waals surface area contributed by atoms with Crippen molar-refractivity contribution >= 4 is 22.5 Å². The number of fused-ring (bicyclic) bond motifs is 1. The predicted octanol–water partition coefficient (Wildman–Crippen LogP) is 6.05. The number of amides is 1. The fraction of sp³-hybridized carbons (Fsp3) is 0.120. The first kappa shape index (κ1) is 18.8. The van der Waals surface area contributed by atoms with E-state index in [1.165, 1.54) is 0 Å². The van der Waals surface area contributed by atoms with Gasteiger partial charge < -0.3 is 5.32 Å². The molecule has 0 aliphatic rings. The Morgan fingerprint density at radius 1 is 1.00 bits per heavy atom. The number of benzene rings is 3. The van der Waals surface area contributed by atoms with Gasteiger partial charge in [-0.15, -0.1) is 0 Å². The molecule has 0 aliphatic heterocycles. The molecular formula is C25H21FN2O. The fourth-order valence-corrected chi connectivity index (χ4v) is 3.36. The lowest BCUT2D eigenvalue weighted by Gasteiger charge is -2.14. The number of nitrogens with zero attached hydrogens (tertiary/aromatic N) is 1. The molecule has 0 bridgehead atoms. The van der Waals surface area contributed by atoms with Crippen molar-refractivity contribution in [3.63, 3.8) is 0 Å². The summed E-state index contributed by atoms with van der Waals surface area (Å²) in [4.78, 5) is 17.2. The van der Waals surface area contributed by atoms with E-state index in [1.807, 2.05) is 61.5 Å². The molecule has 4 rings (SSSR count). The van der Waals surface area contributed by atoms with Crippen LogP contribution < -0.4 is 5.32 Å². The van der Waals surface area contributed by atoms with Crippen LogP contribution in [0.1, 0.15) is 33.2 Å². The van der Waals surface area contributed by atoms with Crippen molar-refractivity contribution in [2.45, 2.75) is 19.5 Å². The summed E-state index contributed by atoms with van der Waals surface area (Å²) in [6, 6.07) is 24.0. The summed E-state index contributed by atoms with van der Waals surface area (Å²) >= 11 is 0. The Hall–Kier alpha value is -3.53. The minimum atomic E-state index is -1.27. The summed E-state index contributed by atoms with van der Waals surface area (Å²) in [6.45, 7) is 2.00.